The molecule has 8 N–H and O–H groups in total. The van der Waals surface area contributed by atoms with Crippen LogP contribution in [0.5, 0.6) is 11.5 Å². The van der Waals surface area contributed by atoms with E-state index in [1.165, 1.54) is 25.7 Å². The van der Waals surface area contributed by atoms with Gasteiger partial charge in [0.05, 0.1) is 35.8 Å². The summed E-state index contributed by atoms with van der Waals surface area (Å²) in [6, 6.07) is 22.5. The first-order valence-corrected chi connectivity index (χ1v) is 18.6. The summed E-state index contributed by atoms with van der Waals surface area (Å²) < 4.78 is 11.4. The molecule has 2 aliphatic rings. The second-order valence-electron chi connectivity index (χ2n) is 12.4. The average molecular weight is 759 g/mol. The van der Waals surface area contributed by atoms with E-state index in [2.05, 4.69) is 22.1 Å². The predicted octanol–water partition coefficient (Wildman–Crippen LogP) is 4.88. The number of carbonyl (C=O) groups excluding carboxylic acids is 2. The van der Waals surface area contributed by atoms with Crippen LogP contribution < -0.4 is 32.4 Å². The SMILES string of the molecule is N#Cc1c(N)nc(SCC(N)=O)c(C#N)c1-c1ccc(OCC2CC2)cc1.N#Cc1c(N)nc(SCC(N)=O)c(C#N)c1-c1ccc(OCC2CC2)cc1. The van der Waals surface area contributed by atoms with Gasteiger partial charge in [0.2, 0.25) is 11.8 Å². The summed E-state index contributed by atoms with van der Waals surface area (Å²) in [6.07, 6.45) is 4.82. The second-order valence-corrected chi connectivity index (χ2v) is 14.3. The van der Waals surface area contributed by atoms with Gasteiger partial charge in [-0.25, -0.2) is 9.97 Å². The molecule has 14 nitrogen and oxygen atoms in total. The molecule has 2 aromatic heterocycles. The van der Waals surface area contributed by atoms with E-state index in [4.69, 9.17) is 32.4 Å². The summed E-state index contributed by atoms with van der Waals surface area (Å²) >= 11 is 2.04. The number of primary amides is 2. The van der Waals surface area contributed by atoms with Crippen LogP contribution in [0, 0.1) is 57.2 Å². The number of hydrogen-bond acceptors (Lipinski definition) is 14. The molecule has 2 aliphatic carbocycles. The lowest BCUT2D eigenvalue weighted by Gasteiger charge is -2.13. The summed E-state index contributed by atoms with van der Waals surface area (Å²) in [5.41, 5.74) is 24.9. The van der Waals surface area contributed by atoms with Crippen LogP contribution in [0.3, 0.4) is 0 Å². The zero-order valence-corrected chi connectivity index (χ0v) is 30.5. The Balaban J connectivity index is 0.000000208. The molecule has 2 amide bonds. The van der Waals surface area contributed by atoms with Gasteiger partial charge < -0.3 is 32.4 Å². The van der Waals surface area contributed by atoms with E-state index in [-0.39, 0.29) is 55.4 Å². The number of benzene rings is 2. The maximum Gasteiger partial charge on any atom is 0.227 e. The molecule has 2 aromatic carbocycles. The van der Waals surface area contributed by atoms with Gasteiger partial charge in [-0.15, -0.1) is 0 Å². The van der Waals surface area contributed by atoms with Gasteiger partial charge in [0, 0.05) is 11.1 Å². The lowest BCUT2D eigenvalue weighted by atomic mass is 9.97. The van der Waals surface area contributed by atoms with Crippen LogP contribution in [-0.2, 0) is 9.59 Å². The second kappa shape index (κ2) is 17.8. The highest BCUT2D eigenvalue weighted by atomic mass is 32.2. The molecule has 0 radical (unpaired) electrons. The molecule has 0 atom stereocenters. The summed E-state index contributed by atoms with van der Waals surface area (Å²) in [5, 5.41) is 38.9. The maximum absolute atomic E-state index is 11.1. The number of ether oxygens (including phenoxy) is 2. The first kappa shape index (κ1) is 38.8. The Morgan fingerprint density at radius 1 is 0.611 bits per heavy atom. The number of thioether (sulfide) groups is 2. The van der Waals surface area contributed by atoms with Gasteiger partial charge >= 0.3 is 0 Å². The van der Waals surface area contributed by atoms with Crippen molar-refractivity contribution in [2.45, 2.75) is 35.7 Å². The number of nitrogens with two attached hydrogens (primary N) is 4. The van der Waals surface area contributed by atoms with Gasteiger partial charge in [-0.1, -0.05) is 47.8 Å². The number of nitrogens with zero attached hydrogens (tertiary/aromatic N) is 6. The number of aromatic nitrogens is 2. The van der Waals surface area contributed by atoms with E-state index in [0.29, 0.717) is 47.3 Å². The van der Waals surface area contributed by atoms with Gasteiger partial charge in [0.1, 0.15) is 68.6 Å². The number of amides is 2. The molecule has 2 fully saturated rings. The number of nitrogen functional groups attached to an aromatic ring is 2. The smallest absolute Gasteiger partial charge is 0.227 e. The number of pyridine rings is 2. The highest BCUT2D eigenvalue weighted by molar-refractivity contribution is 8.00. The van der Waals surface area contributed by atoms with Crippen molar-refractivity contribution in [1.29, 1.82) is 21.0 Å². The van der Waals surface area contributed by atoms with Crippen molar-refractivity contribution in [3.8, 4) is 58.0 Å². The van der Waals surface area contributed by atoms with E-state index >= 15 is 0 Å². The van der Waals surface area contributed by atoms with E-state index in [1.54, 1.807) is 48.5 Å². The van der Waals surface area contributed by atoms with E-state index in [0.717, 1.165) is 35.0 Å². The highest BCUT2D eigenvalue weighted by Crippen LogP contribution is 2.38. The van der Waals surface area contributed by atoms with Crippen molar-refractivity contribution in [3.05, 3.63) is 70.8 Å². The van der Waals surface area contributed by atoms with E-state index < -0.39 is 11.8 Å². The largest absolute Gasteiger partial charge is 0.493 e. The Morgan fingerprint density at radius 2 is 0.944 bits per heavy atom. The summed E-state index contributed by atoms with van der Waals surface area (Å²) in [7, 11) is 0. The molecule has 0 aliphatic heterocycles. The lowest BCUT2D eigenvalue weighted by molar-refractivity contribution is -0.116. The van der Waals surface area contributed by atoms with E-state index in [1.807, 2.05) is 12.1 Å². The minimum Gasteiger partial charge on any atom is -0.493 e. The number of anilines is 2. The van der Waals surface area contributed by atoms with Crippen LogP contribution >= 0.6 is 23.5 Å². The van der Waals surface area contributed by atoms with Crippen LogP contribution in [0.15, 0.2) is 58.6 Å². The topological polar surface area (TPSA) is 278 Å². The summed E-state index contributed by atoms with van der Waals surface area (Å²) in [6.45, 7) is 1.39. The first-order chi connectivity index (χ1) is 26.1. The average Bonchev–Trinajstić information content (AvgIpc) is 4.11. The zero-order valence-electron chi connectivity index (χ0n) is 28.9. The monoisotopic (exact) mass is 758 g/mol. The molecule has 16 heteroatoms. The van der Waals surface area contributed by atoms with Crippen LogP contribution in [0.2, 0.25) is 0 Å². The molecule has 6 rings (SSSR count). The third-order valence-electron chi connectivity index (χ3n) is 8.18. The standard InChI is InChI=1S/2C19H17N5O2S/c2*20-7-14-17(12-3-5-13(6-4-12)26-9-11-1-2-11)15(8-21)19(24-18(14)23)27-10-16(22)25/h2*3-6,11H,1-2,9-10H2,(H2,22,25)(H2,23,24). The van der Waals surface area contributed by atoms with Gasteiger partial charge in [-0.05, 0) is 72.9 Å². The molecule has 272 valence electrons. The molecule has 0 spiro atoms. The number of hydrogen-bond donors (Lipinski definition) is 4. The van der Waals surface area contributed by atoms with Crippen LogP contribution in [-0.4, -0.2) is 46.5 Å². The van der Waals surface area contributed by atoms with Gasteiger partial charge in [0.25, 0.3) is 0 Å². The lowest BCUT2D eigenvalue weighted by Crippen LogP contribution is -2.14. The van der Waals surface area contributed by atoms with Crippen LogP contribution in [0.1, 0.15) is 47.9 Å². The van der Waals surface area contributed by atoms with Crippen molar-refractivity contribution in [3.63, 3.8) is 0 Å². The minimum absolute atomic E-state index is 0.00697. The summed E-state index contributed by atoms with van der Waals surface area (Å²) in [4.78, 5) is 30.4. The minimum atomic E-state index is -0.535. The quantitative estimate of drug-likeness (QED) is 0.125. The van der Waals surface area contributed by atoms with Crippen molar-refractivity contribution in [2.24, 2.45) is 23.3 Å². The molecule has 0 saturated heterocycles. The summed E-state index contributed by atoms with van der Waals surface area (Å²) in [5.74, 6) is 1.61. The normalized spacial score (nSPS) is 12.8. The first-order valence-electron chi connectivity index (χ1n) is 16.6. The molecule has 2 heterocycles. The third-order valence-corrected chi connectivity index (χ3v) is 10.2. The molecule has 0 bridgehead atoms. The Hall–Kier alpha value is -6.46. The Labute approximate surface area is 320 Å². The highest BCUT2D eigenvalue weighted by Gasteiger charge is 2.25. The Kier molecular flexibility index (Phi) is 12.8. The zero-order chi connectivity index (χ0) is 38.8. The third kappa shape index (κ3) is 9.90. The fourth-order valence-electron chi connectivity index (χ4n) is 5.09. The molecular weight excluding hydrogens is 725 g/mol. The van der Waals surface area contributed by atoms with E-state index in [9.17, 15) is 30.6 Å². The number of rotatable bonds is 14. The Bertz CT molecular complexity index is 2070. The maximum atomic E-state index is 11.1. The fraction of sp³-hybridized carbons (Fsp3) is 0.263. The molecule has 2 saturated carbocycles. The van der Waals surface area contributed by atoms with Crippen LogP contribution in [0.4, 0.5) is 11.6 Å². The van der Waals surface area contributed by atoms with Gasteiger partial charge in [-0.3, -0.25) is 9.59 Å². The Morgan fingerprint density at radius 3 is 1.22 bits per heavy atom. The number of nitriles is 4. The molecule has 54 heavy (non-hydrogen) atoms. The van der Waals surface area contributed by atoms with Crippen LogP contribution in [0.25, 0.3) is 22.3 Å². The van der Waals surface area contributed by atoms with Crippen molar-refractivity contribution in [1.82, 2.24) is 9.97 Å². The molecule has 0 unspecified atom stereocenters. The van der Waals surface area contributed by atoms with Gasteiger partial charge in [-0.2, -0.15) is 21.0 Å². The van der Waals surface area contributed by atoms with Crippen molar-refractivity contribution >= 4 is 47.0 Å². The van der Waals surface area contributed by atoms with Crippen molar-refractivity contribution in [2.75, 3.05) is 36.2 Å². The van der Waals surface area contributed by atoms with Gasteiger partial charge in [0.15, 0.2) is 0 Å². The fourth-order valence-corrected chi connectivity index (χ4v) is 6.56. The van der Waals surface area contributed by atoms with Crippen molar-refractivity contribution < 1.29 is 19.1 Å². The molecular formula is C38H34N10O4S2. The number of carbonyl (C=O) groups is 2. The predicted molar refractivity (Wildman–Crippen MR) is 203 cm³/mol. The molecule has 4 aromatic rings.